The topological polar surface area (TPSA) is 23.8 Å². The lowest BCUT2D eigenvalue weighted by molar-refractivity contribution is 0.238. The molecule has 2 heteroatoms. The maximum Gasteiger partial charge on any atom is 0.0670 e. The van der Waals surface area contributed by atoms with Gasteiger partial charge in [-0.05, 0) is 30.9 Å². The van der Waals surface area contributed by atoms with Gasteiger partial charge in [-0.15, -0.1) is 0 Å². The van der Waals surface area contributed by atoms with Gasteiger partial charge in [-0.1, -0.05) is 6.42 Å². The normalized spacial score (nSPS) is 33.2. The SMILES string of the molecule is N#CC(C1CCC1)C1CCS1. The number of rotatable bonds is 2. The molecule has 2 unspecified atom stereocenters. The molecule has 2 aliphatic rings. The highest BCUT2D eigenvalue weighted by atomic mass is 32.2. The Balaban J connectivity index is 1.90. The number of hydrogen-bond donors (Lipinski definition) is 0. The summed E-state index contributed by atoms with van der Waals surface area (Å²) in [6.45, 7) is 0. The molecule has 1 aliphatic carbocycles. The third-order valence-electron chi connectivity index (χ3n) is 2.94. The van der Waals surface area contributed by atoms with E-state index >= 15 is 0 Å². The Morgan fingerprint density at radius 2 is 2.09 bits per heavy atom. The Morgan fingerprint density at radius 1 is 1.36 bits per heavy atom. The molecule has 2 rings (SSSR count). The maximum absolute atomic E-state index is 8.93. The smallest absolute Gasteiger partial charge is 0.0670 e. The van der Waals surface area contributed by atoms with Crippen molar-refractivity contribution >= 4 is 11.8 Å². The Hall–Kier alpha value is -0.160. The molecule has 11 heavy (non-hydrogen) atoms. The molecule has 0 radical (unpaired) electrons. The molecule has 0 aromatic heterocycles. The highest BCUT2D eigenvalue weighted by molar-refractivity contribution is 8.01. The first-order valence-corrected chi connectivity index (χ1v) is 5.48. The summed E-state index contributed by atoms with van der Waals surface area (Å²) in [7, 11) is 0. The average Bonchev–Trinajstić information content (AvgIpc) is 1.78. The summed E-state index contributed by atoms with van der Waals surface area (Å²) < 4.78 is 0. The van der Waals surface area contributed by atoms with Crippen molar-refractivity contribution in [2.75, 3.05) is 5.75 Å². The zero-order chi connectivity index (χ0) is 7.68. The van der Waals surface area contributed by atoms with Crippen LogP contribution in [0.2, 0.25) is 0 Å². The summed E-state index contributed by atoms with van der Waals surface area (Å²) in [6.07, 6.45) is 5.28. The molecule has 0 aromatic rings. The molecule has 2 atom stereocenters. The molecule has 0 N–H and O–H groups in total. The van der Waals surface area contributed by atoms with Gasteiger partial charge in [0.05, 0.1) is 12.0 Å². The first-order valence-electron chi connectivity index (χ1n) is 4.43. The van der Waals surface area contributed by atoms with Crippen molar-refractivity contribution in [3.05, 3.63) is 0 Å². The highest BCUT2D eigenvalue weighted by Gasteiger charge is 2.36. The van der Waals surface area contributed by atoms with E-state index in [1.807, 2.05) is 11.8 Å². The van der Waals surface area contributed by atoms with E-state index in [4.69, 9.17) is 5.26 Å². The quantitative estimate of drug-likeness (QED) is 0.630. The molecule has 60 valence electrons. The fourth-order valence-corrected chi connectivity index (χ4v) is 2.83. The Morgan fingerprint density at radius 3 is 2.36 bits per heavy atom. The second kappa shape index (κ2) is 3.06. The van der Waals surface area contributed by atoms with E-state index in [2.05, 4.69) is 6.07 Å². The van der Waals surface area contributed by atoms with E-state index in [-0.39, 0.29) is 0 Å². The van der Waals surface area contributed by atoms with Crippen molar-refractivity contribution in [2.24, 2.45) is 11.8 Å². The van der Waals surface area contributed by atoms with Gasteiger partial charge in [0.25, 0.3) is 0 Å². The van der Waals surface area contributed by atoms with Crippen LogP contribution in [-0.2, 0) is 0 Å². The monoisotopic (exact) mass is 167 g/mol. The van der Waals surface area contributed by atoms with Gasteiger partial charge >= 0.3 is 0 Å². The fraction of sp³-hybridized carbons (Fsp3) is 0.889. The first kappa shape index (κ1) is 7.49. The van der Waals surface area contributed by atoms with Gasteiger partial charge in [0.2, 0.25) is 0 Å². The summed E-state index contributed by atoms with van der Waals surface area (Å²) >= 11 is 1.99. The van der Waals surface area contributed by atoms with Gasteiger partial charge in [-0.3, -0.25) is 0 Å². The number of nitriles is 1. The van der Waals surface area contributed by atoms with E-state index in [0.29, 0.717) is 11.2 Å². The molecule has 0 aromatic carbocycles. The van der Waals surface area contributed by atoms with Gasteiger partial charge in [-0.2, -0.15) is 17.0 Å². The molecule has 1 saturated carbocycles. The molecular formula is C9H13NS. The van der Waals surface area contributed by atoms with Crippen molar-refractivity contribution in [1.29, 1.82) is 5.26 Å². The van der Waals surface area contributed by atoms with Crippen LogP contribution in [0.5, 0.6) is 0 Å². The second-order valence-corrected chi connectivity index (χ2v) is 4.89. The summed E-state index contributed by atoms with van der Waals surface area (Å²) in [5.41, 5.74) is 0. The lowest BCUT2D eigenvalue weighted by Crippen LogP contribution is -2.33. The fourth-order valence-electron chi connectivity index (χ4n) is 1.83. The highest BCUT2D eigenvalue weighted by Crippen LogP contribution is 2.43. The van der Waals surface area contributed by atoms with Crippen molar-refractivity contribution in [1.82, 2.24) is 0 Å². The van der Waals surface area contributed by atoms with Crippen molar-refractivity contribution in [2.45, 2.75) is 30.9 Å². The van der Waals surface area contributed by atoms with Crippen molar-refractivity contribution in [3.63, 3.8) is 0 Å². The summed E-state index contributed by atoms with van der Waals surface area (Å²) in [4.78, 5) is 0. The molecule has 0 spiro atoms. The van der Waals surface area contributed by atoms with Crippen LogP contribution in [0.1, 0.15) is 25.7 Å². The third-order valence-corrected chi connectivity index (χ3v) is 4.37. The summed E-state index contributed by atoms with van der Waals surface area (Å²) in [6, 6.07) is 2.49. The minimum atomic E-state index is 0.391. The van der Waals surface area contributed by atoms with Crippen LogP contribution in [0, 0.1) is 23.2 Å². The molecule has 1 heterocycles. The number of thioether (sulfide) groups is 1. The van der Waals surface area contributed by atoms with Gasteiger partial charge in [0.15, 0.2) is 0 Å². The second-order valence-electron chi connectivity index (χ2n) is 3.54. The van der Waals surface area contributed by atoms with Gasteiger partial charge < -0.3 is 0 Å². The van der Waals surface area contributed by atoms with Crippen LogP contribution in [0.3, 0.4) is 0 Å². The van der Waals surface area contributed by atoms with E-state index in [9.17, 15) is 0 Å². The molecule has 0 bridgehead atoms. The zero-order valence-corrected chi connectivity index (χ0v) is 7.44. The van der Waals surface area contributed by atoms with Gasteiger partial charge in [0.1, 0.15) is 0 Å². The van der Waals surface area contributed by atoms with E-state index in [0.717, 1.165) is 5.92 Å². The minimum Gasteiger partial charge on any atom is -0.198 e. The van der Waals surface area contributed by atoms with E-state index < -0.39 is 0 Å². The zero-order valence-electron chi connectivity index (χ0n) is 6.62. The largest absolute Gasteiger partial charge is 0.198 e. The van der Waals surface area contributed by atoms with Gasteiger partial charge in [0, 0.05) is 5.25 Å². The van der Waals surface area contributed by atoms with E-state index in [1.54, 1.807) is 0 Å². The van der Waals surface area contributed by atoms with Crippen LogP contribution >= 0.6 is 11.8 Å². The molecule has 1 aliphatic heterocycles. The Kier molecular flexibility index (Phi) is 2.09. The lowest BCUT2D eigenvalue weighted by Gasteiger charge is -2.38. The van der Waals surface area contributed by atoms with Crippen LogP contribution in [0.4, 0.5) is 0 Å². The average molecular weight is 167 g/mol. The summed E-state index contributed by atoms with van der Waals surface area (Å²) in [5, 5.41) is 9.63. The van der Waals surface area contributed by atoms with Crippen molar-refractivity contribution in [3.8, 4) is 6.07 Å². The lowest BCUT2D eigenvalue weighted by atomic mass is 9.74. The Labute approximate surface area is 72.2 Å². The van der Waals surface area contributed by atoms with Gasteiger partial charge in [-0.25, -0.2) is 0 Å². The van der Waals surface area contributed by atoms with Crippen molar-refractivity contribution < 1.29 is 0 Å². The Bertz CT molecular complexity index is 162. The molecule has 0 amide bonds. The molecule has 1 nitrogen and oxygen atoms in total. The predicted molar refractivity (Wildman–Crippen MR) is 47.3 cm³/mol. The molecule has 1 saturated heterocycles. The number of nitrogens with zero attached hydrogens (tertiary/aromatic N) is 1. The predicted octanol–water partition coefficient (Wildman–Crippen LogP) is 2.43. The minimum absolute atomic E-state index is 0.391. The number of hydrogen-bond acceptors (Lipinski definition) is 2. The standard InChI is InChI=1S/C9H13NS/c10-6-8(7-2-1-3-7)9-4-5-11-9/h7-9H,1-5H2. The maximum atomic E-state index is 8.93. The first-order chi connectivity index (χ1) is 5.42. The van der Waals surface area contributed by atoms with E-state index in [1.165, 1.54) is 31.4 Å². The third kappa shape index (κ3) is 1.27. The van der Waals surface area contributed by atoms with Crippen LogP contribution < -0.4 is 0 Å². The molecule has 2 fully saturated rings. The summed E-state index contributed by atoms with van der Waals surface area (Å²) in [5.74, 6) is 2.44. The van der Waals surface area contributed by atoms with Crippen LogP contribution in [-0.4, -0.2) is 11.0 Å². The molecular weight excluding hydrogens is 154 g/mol. The van der Waals surface area contributed by atoms with Crippen LogP contribution in [0.25, 0.3) is 0 Å². The van der Waals surface area contributed by atoms with Crippen LogP contribution in [0.15, 0.2) is 0 Å².